The van der Waals surface area contributed by atoms with Crippen molar-refractivity contribution in [2.75, 3.05) is 6.54 Å². The number of nitrogens with one attached hydrogen (secondary N) is 4. The molecular weight excluding hydrogens is 548 g/mol. The van der Waals surface area contributed by atoms with Crippen molar-refractivity contribution in [3.63, 3.8) is 0 Å². The molecule has 2 aliphatic carbocycles. The third-order valence-corrected chi connectivity index (χ3v) is 9.08. The van der Waals surface area contributed by atoms with Crippen LogP contribution in [0.3, 0.4) is 0 Å². The van der Waals surface area contributed by atoms with Crippen LogP contribution >= 0.6 is 0 Å². The lowest BCUT2D eigenvalue weighted by molar-refractivity contribution is -0.141. The molecule has 4 amide bonds. The van der Waals surface area contributed by atoms with Crippen molar-refractivity contribution in [1.29, 1.82) is 0 Å². The van der Waals surface area contributed by atoms with Crippen LogP contribution in [0.25, 0.3) is 11.0 Å². The van der Waals surface area contributed by atoms with E-state index in [-0.39, 0.29) is 30.0 Å². The maximum atomic E-state index is 13.8. The molecule has 1 aromatic heterocycles. The van der Waals surface area contributed by atoms with Gasteiger partial charge in [-0.3, -0.25) is 29.0 Å². The number of hydrogen-bond donors (Lipinski definition) is 4. The maximum absolute atomic E-state index is 13.8. The van der Waals surface area contributed by atoms with Gasteiger partial charge in [0.15, 0.2) is 0 Å². The normalized spacial score (nSPS) is 21.0. The minimum atomic E-state index is -1.18. The zero-order valence-electron chi connectivity index (χ0n) is 24.6. The van der Waals surface area contributed by atoms with Gasteiger partial charge in [0, 0.05) is 18.5 Å². The second-order valence-corrected chi connectivity index (χ2v) is 12.3. The number of carbonyl (C=O) groups excluding carboxylic acids is 5. The molecule has 1 aromatic carbocycles. The number of rotatable bonds is 11. The minimum absolute atomic E-state index is 0.0226. The Balaban J connectivity index is 1.33. The molecule has 4 N–H and O–H groups in total. The van der Waals surface area contributed by atoms with Gasteiger partial charge in [0.1, 0.15) is 11.7 Å². The van der Waals surface area contributed by atoms with Gasteiger partial charge in [-0.1, -0.05) is 63.5 Å². The molecular formula is C32H42N6O5. The van der Waals surface area contributed by atoms with Gasteiger partial charge in [0.2, 0.25) is 17.6 Å². The number of benzene rings is 1. The second-order valence-electron chi connectivity index (χ2n) is 12.3. The molecule has 230 valence electrons. The molecule has 11 nitrogen and oxygen atoms in total. The number of nitrogens with zero attached hydrogens (tertiary/aromatic N) is 2. The highest BCUT2D eigenvalue weighted by molar-refractivity contribution is 6.38. The molecule has 0 unspecified atom stereocenters. The van der Waals surface area contributed by atoms with E-state index < -0.39 is 41.5 Å². The summed E-state index contributed by atoms with van der Waals surface area (Å²) >= 11 is 0. The highest BCUT2D eigenvalue weighted by atomic mass is 16.2. The predicted octanol–water partition coefficient (Wildman–Crippen LogP) is 2.73. The Morgan fingerprint density at radius 3 is 2.23 bits per heavy atom. The highest BCUT2D eigenvalue weighted by Gasteiger charge is 2.37. The molecule has 0 radical (unpaired) electrons. The first kappa shape index (κ1) is 30.6. The fourth-order valence-electron chi connectivity index (χ4n) is 6.61. The largest absolute Gasteiger partial charge is 0.356 e. The van der Waals surface area contributed by atoms with Crippen molar-refractivity contribution >= 4 is 40.4 Å². The first-order chi connectivity index (χ1) is 20.9. The maximum Gasteiger partial charge on any atom is 0.289 e. The molecule has 3 aliphatic rings. The lowest BCUT2D eigenvalue weighted by Crippen LogP contribution is -2.55. The standard InChI is InChI=1S/C32H42N6O5/c39-28(32(43)35-22-11-5-2-6-12-22)25(18-21-15-16-33-29(21)40)37-30(41)26(17-20-9-3-1-4-10-20)38-31(42)27-19-34-23-13-7-8-14-24(23)36-27/h7-8,13-14,19-22,25-26H,1-6,9-12,15-18H2,(H,33,40)(H,35,43)(H,37,41)(H,38,42)/t21-,25-,26-/m0/s1. The highest BCUT2D eigenvalue weighted by Crippen LogP contribution is 2.28. The lowest BCUT2D eigenvalue weighted by atomic mass is 9.84. The number of Topliss-reactive ketones (excluding diaryl/α,β-unsaturated/α-hetero) is 1. The first-order valence-electron chi connectivity index (χ1n) is 15.8. The Bertz CT molecular complexity index is 1340. The van der Waals surface area contributed by atoms with E-state index in [0.717, 1.165) is 64.2 Å². The Kier molecular flexibility index (Phi) is 10.3. The number of aromatic nitrogens is 2. The van der Waals surface area contributed by atoms with Crippen molar-refractivity contribution in [3.05, 3.63) is 36.2 Å². The van der Waals surface area contributed by atoms with E-state index in [1.54, 1.807) is 12.1 Å². The average molecular weight is 591 g/mol. The van der Waals surface area contributed by atoms with E-state index in [0.29, 0.717) is 30.4 Å². The molecule has 2 aromatic rings. The number of carbonyl (C=O) groups is 5. The van der Waals surface area contributed by atoms with Crippen LogP contribution in [0.5, 0.6) is 0 Å². The van der Waals surface area contributed by atoms with Crippen molar-refractivity contribution in [1.82, 2.24) is 31.2 Å². The number of para-hydroxylation sites is 2. The summed E-state index contributed by atoms with van der Waals surface area (Å²) in [4.78, 5) is 74.8. The van der Waals surface area contributed by atoms with Crippen LogP contribution in [0.4, 0.5) is 0 Å². The Morgan fingerprint density at radius 1 is 0.837 bits per heavy atom. The topological polar surface area (TPSA) is 159 Å². The fraction of sp³-hybridized carbons (Fsp3) is 0.594. The summed E-state index contributed by atoms with van der Waals surface area (Å²) in [5.41, 5.74) is 1.30. The summed E-state index contributed by atoms with van der Waals surface area (Å²) in [6, 6.07) is 5.01. The van der Waals surface area contributed by atoms with Crippen LogP contribution in [0.15, 0.2) is 30.5 Å². The van der Waals surface area contributed by atoms with Gasteiger partial charge in [-0.15, -0.1) is 0 Å². The van der Waals surface area contributed by atoms with Crippen molar-refractivity contribution < 1.29 is 24.0 Å². The molecule has 11 heteroatoms. The van der Waals surface area contributed by atoms with Gasteiger partial charge >= 0.3 is 0 Å². The van der Waals surface area contributed by atoms with Gasteiger partial charge in [0.25, 0.3) is 11.8 Å². The van der Waals surface area contributed by atoms with E-state index in [1.165, 1.54) is 6.20 Å². The molecule has 1 saturated heterocycles. The molecule has 43 heavy (non-hydrogen) atoms. The summed E-state index contributed by atoms with van der Waals surface area (Å²) in [5.74, 6) is -3.04. The monoisotopic (exact) mass is 590 g/mol. The Hall–Kier alpha value is -3.89. The molecule has 2 heterocycles. The summed E-state index contributed by atoms with van der Waals surface area (Å²) in [7, 11) is 0. The van der Waals surface area contributed by atoms with E-state index in [1.807, 2.05) is 12.1 Å². The van der Waals surface area contributed by atoms with Crippen LogP contribution in [0.2, 0.25) is 0 Å². The number of hydrogen-bond acceptors (Lipinski definition) is 7. The zero-order valence-corrected chi connectivity index (χ0v) is 24.6. The number of fused-ring (bicyclic) bond motifs is 1. The average Bonchev–Trinajstić information content (AvgIpc) is 3.44. The van der Waals surface area contributed by atoms with E-state index >= 15 is 0 Å². The Morgan fingerprint density at radius 2 is 1.53 bits per heavy atom. The van der Waals surface area contributed by atoms with Gasteiger partial charge in [-0.05, 0) is 50.2 Å². The summed E-state index contributed by atoms with van der Waals surface area (Å²) in [5, 5.41) is 11.2. The first-order valence-corrected chi connectivity index (χ1v) is 15.8. The number of ketones is 1. The zero-order chi connectivity index (χ0) is 30.2. The van der Waals surface area contributed by atoms with Gasteiger partial charge < -0.3 is 21.3 Å². The summed E-state index contributed by atoms with van der Waals surface area (Å²) in [6.45, 7) is 0.486. The van der Waals surface area contributed by atoms with Crippen LogP contribution in [0.1, 0.15) is 94.0 Å². The van der Waals surface area contributed by atoms with E-state index in [4.69, 9.17) is 0 Å². The van der Waals surface area contributed by atoms with Gasteiger partial charge in [-0.2, -0.15) is 0 Å². The number of amides is 4. The van der Waals surface area contributed by atoms with Crippen LogP contribution in [-0.4, -0.2) is 64.1 Å². The fourth-order valence-corrected chi connectivity index (χ4v) is 6.61. The van der Waals surface area contributed by atoms with E-state index in [9.17, 15) is 24.0 Å². The lowest BCUT2D eigenvalue weighted by Gasteiger charge is -2.28. The third-order valence-electron chi connectivity index (χ3n) is 9.08. The van der Waals surface area contributed by atoms with Crippen molar-refractivity contribution in [2.45, 2.75) is 102 Å². The molecule has 3 fully saturated rings. The smallest absolute Gasteiger partial charge is 0.289 e. The minimum Gasteiger partial charge on any atom is -0.356 e. The molecule has 3 atom stereocenters. The summed E-state index contributed by atoms with van der Waals surface area (Å²) < 4.78 is 0. The Labute approximate surface area is 251 Å². The molecule has 1 aliphatic heterocycles. The summed E-state index contributed by atoms with van der Waals surface area (Å²) in [6.07, 6.45) is 12.2. The molecule has 5 rings (SSSR count). The van der Waals surface area contributed by atoms with Gasteiger partial charge in [-0.25, -0.2) is 4.98 Å². The van der Waals surface area contributed by atoms with Crippen LogP contribution < -0.4 is 21.3 Å². The van der Waals surface area contributed by atoms with Crippen LogP contribution in [0, 0.1) is 11.8 Å². The third kappa shape index (κ3) is 8.14. The second kappa shape index (κ2) is 14.5. The predicted molar refractivity (Wildman–Crippen MR) is 160 cm³/mol. The van der Waals surface area contributed by atoms with Crippen LogP contribution in [-0.2, 0) is 19.2 Å². The van der Waals surface area contributed by atoms with E-state index in [2.05, 4.69) is 31.2 Å². The molecule has 0 spiro atoms. The van der Waals surface area contributed by atoms with Crippen molar-refractivity contribution in [3.8, 4) is 0 Å². The SMILES string of the molecule is O=C(NC1CCCCC1)C(=O)[C@H](C[C@@H]1CCNC1=O)NC(=O)[C@H](CC1CCCCC1)NC(=O)c1cnc2ccccc2n1. The molecule has 0 bridgehead atoms. The molecule has 2 saturated carbocycles. The van der Waals surface area contributed by atoms with Crippen molar-refractivity contribution in [2.24, 2.45) is 11.8 Å². The quantitative estimate of drug-likeness (QED) is 0.293. The van der Waals surface area contributed by atoms with Gasteiger partial charge in [0.05, 0.1) is 23.3 Å².